The second-order valence-corrected chi connectivity index (χ2v) is 5.99. The molecular weight excluding hydrogens is 268 g/mol. The quantitative estimate of drug-likeness (QED) is 0.874. The minimum Gasteiger partial charge on any atom is -0.396 e. The molecule has 1 aliphatic heterocycles. The Balaban J connectivity index is 2.18. The van der Waals surface area contributed by atoms with Gasteiger partial charge in [0.15, 0.2) is 0 Å². The van der Waals surface area contributed by atoms with Crippen LogP contribution in [0.15, 0.2) is 6.07 Å². The number of amides is 1. The summed E-state index contributed by atoms with van der Waals surface area (Å²) in [7, 11) is 0. The van der Waals surface area contributed by atoms with Crippen LogP contribution in [0.4, 0.5) is 5.95 Å². The van der Waals surface area contributed by atoms with Crippen LogP contribution in [0, 0.1) is 12.3 Å². The highest BCUT2D eigenvalue weighted by Crippen LogP contribution is 2.34. The maximum absolute atomic E-state index is 12.6. The largest absolute Gasteiger partial charge is 0.396 e. The minimum absolute atomic E-state index is 0.121. The Morgan fingerprint density at radius 2 is 2.29 bits per heavy atom. The predicted octanol–water partition coefficient (Wildman–Crippen LogP) is 1.38. The van der Waals surface area contributed by atoms with Crippen molar-refractivity contribution in [3.63, 3.8) is 0 Å². The van der Waals surface area contributed by atoms with E-state index >= 15 is 0 Å². The summed E-state index contributed by atoms with van der Waals surface area (Å²) in [6.07, 6.45) is 3.80. The van der Waals surface area contributed by atoms with Crippen LogP contribution in [-0.4, -0.2) is 45.6 Å². The molecule has 0 unspecified atom stereocenters. The lowest BCUT2D eigenvalue weighted by molar-refractivity contribution is 0.0219. The van der Waals surface area contributed by atoms with Crippen LogP contribution >= 0.6 is 0 Å². The van der Waals surface area contributed by atoms with Crippen molar-refractivity contribution in [3.05, 3.63) is 17.5 Å². The van der Waals surface area contributed by atoms with E-state index in [0.29, 0.717) is 24.5 Å². The van der Waals surface area contributed by atoms with Gasteiger partial charge >= 0.3 is 0 Å². The van der Waals surface area contributed by atoms with E-state index in [-0.39, 0.29) is 23.9 Å². The predicted molar refractivity (Wildman–Crippen MR) is 80.7 cm³/mol. The van der Waals surface area contributed by atoms with E-state index < -0.39 is 0 Å². The molecule has 1 amide bonds. The van der Waals surface area contributed by atoms with Crippen molar-refractivity contribution >= 4 is 11.9 Å². The van der Waals surface area contributed by atoms with Gasteiger partial charge in [-0.05, 0) is 32.3 Å². The molecule has 1 saturated heterocycles. The Morgan fingerprint density at radius 1 is 1.52 bits per heavy atom. The number of aliphatic hydroxyl groups excluding tert-OH is 1. The Hall–Kier alpha value is -1.69. The zero-order valence-electron chi connectivity index (χ0n) is 12.8. The van der Waals surface area contributed by atoms with Gasteiger partial charge in [0.1, 0.15) is 5.69 Å². The van der Waals surface area contributed by atoms with Gasteiger partial charge in [-0.15, -0.1) is 0 Å². The van der Waals surface area contributed by atoms with Crippen molar-refractivity contribution in [3.8, 4) is 0 Å². The van der Waals surface area contributed by atoms with Gasteiger partial charge in [-0.3, -0.25) is 4.79 Å². The van der Waals surface area contributed by atoms with Crippen molar-refractivity contribution in [2.75, 3.05) is 25.4 Å². The molecule has 0 aliphatic carbocycles. The molecule has 2 heterocycles. The molecule has 1 aliphatic rings. The highest BCUT2D eigenvalue weighted by molar-refractivity contribution is 5.92. The molecule has 2 rings (SSSR count). The zero-order valence-corrected chi connectivity index (χ0v) is 12.8. The highest BCUT2D eigenvalue weighted by atomic mass is 16.3. The maximum atomic E-state index is 12.6. The van der Waals surface area contributed by atoms with Gasteiger partial charge in [-0.25, -0.2) is 9.97 Å². The molecular formula is C15H24N4O2. The van der Waals surface area contributed by atoms with Crippen molar-refractivity contribution < 1.29 is 9.90 Å². The monoisotopic (exact) mass is 292 g/mol. The minimum atomic E-state index is -0.170. The van der Waals surface area contributed by atoms with Gasteiger partial charge < -0.3 is 15.7 Å². The van der Waals surface area contributed by atoms with Crippen molar-refractivity contribution in [1.82, 2.24) is 14.9 Å². The van der Waals surface area contributed by atoms with Crippen molar-refractivity contribution in [2.45, 2.75) is 39.5 Å². The standard InChI is InChI=1S/C15H24N4O2/c1-3-5-15(10-20)6-4-7-19(9-15)13(21)12-8-11(2)17-14(16)18-12/h8,20H,3-7,9-10H2,1-2H3,(H2,16,17,18)/t15-/m0/s1. The Labute approximate surface area is 125 Å². The summed E-state index contributed by atoms with van der Waals surface area (Å²) in [4.78, 5) is 22.4. The van der Waals surface area contributed by atoms with Crippen LogP contribution in [0.5, 0.6) is 0 Å². The van der Waals surface area contributed by atoms with E-state index in [1.165, 1.54) is 0 Å². The Bertz CT molecular complexity index is 496. The van der Waals surface area contributed by atoms with Gasteiger partial charge in [-0.2, -0.15) is 0 Å². The number of hydrogen-bond donors (Lipinski definition) is 2. The fraction of sp³-hybridized carbons (Fsp3) is 0.667. The third kappa shape index (κ3) is 3.50. The number of aliphatic hydroxyl groups is 1. The number of rotatable bonds is 4. The average Bonchev–Trinajstić information content (AvgIpc) is 2.46. The molecule has 0 aromatic carbocycles. The van der Waals surface area contributed by atoms with E-state index in [2.05, 4.69) is 16.9 Å². The molecule has 0 spiro atoms. The number of aryl methyl sites for hydroxylation is 1. The molecule has 0 saturated carbocycles. The van der Waals surface area contributed by atoms with E-state index in [0.717, 1.165) is 25.7 Å². The molecule has 0 bridgehead atoms. The Morgan fingerprint density at radius 3 is 2.90 bits per heavy atom. The smallest absolute Gasteiger partial charge is 0.272 e. The topological polar surface area (TPSA) is 92.3 Å². The lowest BCUT2D eigenvalue weighted by Gasteiger charge is -2.41. The molecule has 1 atom stereocenters. The van der Waals surface area contributed by atoms with Crippen LogP contribution in [0.3, 0.4) is 0 Å². The second-order valence-electron chi connectivity index (χ2n) is 5.99. The molecule has 3 N–H and O–H groups in total. The number of anilines is 1. The first-order chi connectivity index (χ1) is 9.99. The number of piperidine rings is 1. The van der Waals surface area contributed by atoms with Gasteiger partial charge in [0.05, 0.1) is 6.61 Å². The number of nitrogens with two attached hydrogens (primary N) is 1. The summed E-state index contributed by atoms with van der Waals surface area (Å²) in [5.41, 5.74) is 6.47. The van der Waals surface area contributed by atoms with E-state index in [4.69, 9.17) is 5.73 Å². The van der Waals surface area contributed by atoms with Gasteiger partial charge in [-0.1, -0.05) is 13.3 Å². The van der Waals surface area contributed by atoms with Gasteiger partial charge in [0, 0.05) is 24.2 Å². The van der Waals surface area contributed by atoms with Crippen LogP contribution in [0.2, 0.25) is 0 Å². The maximum Gasteiger partial charge on any atom is 0.272 e. The highest BCUT2D eigenvalue weighted by Gasteiger charge is 2.36. The Kier molecular flexibility index (Phi) is 4.77. The zero-order chi connectivity index (χ0) is 15.5. The molecule has 6 heteroatoms. The summed E-state index contributed by atoms with van der Waals surface area (Å²) in [6.45, 7) is 5.30. The molecule has 21 heavy (non-hydrogen) atoms. The third-order valence-corrected chi connectivity index (χ3v) is 4.15. The first-order valence-electron chi connectivity index (χ1n) is 7.51. The summed E-state index contributed by atoms with van der Waals surface area (Å²) in [6, 6.07) is 1.66. The van der Waals surface area contributed by atoms with Gasteiger partial charge in [0.2, 0.25) is 5.95 Å². The fourth-order valence-electron chi connectivity index (χ4n) is 3.19. The molecule has 116 valence electrons. The first-order valence-corrected chi connectivity index (χ1v) is 7.51. The number of likely N-dealkylation sites (tertiary alicyclic amines) is 1. The molecule has 0 radical (unpaired) electrons. The summed E-state index contributed by atoms with van der Waals surface area (Å²) < 4.78 is 0. The van der Waals surface area contributed by atoms with Crippen LogP contribution in [-0.2, 0) is 0 Å². The van der Waals surface area contributed by atoms with Crippen LogP contribution in [0.1, 0.15) is 48.8 Å². The van der Waals surface area contributed by atoms with Crippen LogP contribution < -0.4 is 5.73 Å². The SMILES string of the molecule is CCC[C@]1(CO)CCCN(C(=O)c2cc(C)nc(N)n2)C1. The number of carbonyl (C=O) groups excluding carboxylic acids is 1. The third-order valence-electron chi connectivity index (χ3n) is 4.15. The average molecular weight is 292 g/mol. The lowest BCUT2D eigenvalue weighted by atomic mass is 9.77. The number of carbonyl (C=O) groups is 1. The fourth-order valence-corrected chi connectivity index (χ4v) is 3.19. The van der Waals surface area contributed by atoms with E-state index in [1.54, 1.807) is 17.9 Å². The van der Waals surface area contributed by atoms with Crippen molar-refractivity contribution in [1.29, 1.82) is 0 Å². The number of nitrogens with zero attached hydrogens (tertiary/aromatic N) is 3. The van der Waals surface area contributed by atoms with E-state index in [9.17, 15) is 9.90 Å². The molecule has 1 aromatic rings. The number of aromatic nitrogens is 2. The molecule has 1 aromatic heterocycles. The van der Waals surface area contributed by atoms with Crippen molar-refractivity contribution in [2.24, 2.45) is 5.41 Å². The summed E-state index contributed by atoms with van der Waals surface area (Å²) in [5.74, 6) is -0.00170. The molecule has 1 fully saturated rings. The van der Waals surface area contributed by atoms with Gasteiger partial charge in [0.25, 0.3) is 5.91 Å². The number of nitrogen functional groups attached to an aromatic ring is 1. The summed E-state index contributed by atoms with van der Waals surface area (Å²) >= 11 is 0. The lowest BCUT2D eigenvalue weighted by Crippen LogP contribution is -2.48. The van der Waals surface area contributed by atoms with Crippen LogP contribution in [0.25, 0.3) is 0 Å². The normalized spacial score (nSPS) is 22.3. The number of hydrogen-bond acceptors (Lipinski definition) is 5. The second kappa shape index (κ2) is 6.39. The van der Waals surface area contributed by atoms with E-state index in [1.807, 2.05) is 0 Å². The first kappa shape index (κ1) is 15.7. The summed E-state index contributed by atoms with van der Waals surface area (Å²) in [5, 5.41) is 9.75. The molecule has 6 nitrogen and oxygen atoms in total.